The summed E-state index contributed by atoms with van der Waals surface area (Å²) in [5, 5.41) is 5.30. The molecule has 7 heteroatoms. The first kappa shape index (κ1) is 15.9. The zero-order valence-corrected chi connectivity index (χ0v) is 14.3. The SMILES string of the molecule is O=C(Nc1ccc(N2CCOCC2)cc1)c1csc(-c2ccco2)n1. The number of ether oxygens (including phenoxy) is 1. The van der Waals surface area contributed by atoms with Crippen molar-refractivity contribution in [3.8, 4) is 10.8 Å². The lowest BCUT2D eigenvalue weighted by atomic mass is 10.2. The van der Waals surface area contributed by atoms with E-state index in [1.165, 1.54) is 11.3 Å². The van der Waals surface area contributed by atoms with Gasteiger partial charge in [-0.1, -0.05) is 0 Å². The normalized spacial score (nSPS) is 14.5. The van der Waals surface area contributed by atoms with E-state index in [1.54, 1.807) is 17.7 Å². The first-order valence-corrected chi connectivity index (χ1v) is 8.91. The number of aromatic nitrogens is 1. The second-order valence-corrected chi connectivity index (χ2v) is 6.47. The van der Waals surface area contributed by atoms with Gasteiger partial charge in [0.15, 0.2) is 10.8 Å². The number of benzene rings is 1. The van der Waals surface area contributed by atoms with Gasteiger partial charge in [0.2, 0.25) is 0 Å². The van der Waals surface area contributed by atoms with Crippen LogP contribution in [0.3, 0.4) is 0 Å². The maximum atomic E-state index is 12.4. The lowest BCUT2D eigenvalue weighted by Gasteiger charge is -2.28. The van der Waals surface area contributed by atoms with Crippen molar-refractivity contribution >= 4 is 28.6 Å². The molecular weight excluding hydrogens is 338 g/mol. The average Bonchev–Trinajstić information content (AvgIpc) is 3.35. The number of nitrogens with one attached hydrogen (secondary N) is 1. The maximum absolute atomic E-state index is 12.4. The minimum Gasteiger partial charge on any atom is -0.462 e. The number of thiazole rings is 1. The summed E-state index contributed by atoms with van der Waals surface area (Å²) in [6.07, 6.45) is 1.59. The highest BCUT2D eigenvalue weighted by atomic mass is 32.1. The number of carbonyl (C=O) groups is 1. The molecule has 0 radical (unpaired) electrons. The molecule has 1 aromatic carbocycles. The fourth-order valence-electron chi connectivity index (χ4n) is 2.66. The van der Waals surface area contributed by atoms with Crippen LogP contribution in [0.4, 0.5) is 11.4 Å². The lowest BCUT2D eigenvalue weighted by Crippen LogP contribution is -2.36. The number of furan rings is 1. The van der Waals surface area contributed by atoms with E-state index in [2.05, 4.69) is 15.2 Å². The summed E-state index contributed by atoms with van der Waals surface area (Å²) in [6, 6.07) is 11.5. The van der Waals surface area contributed by atoms with Crippen molar-refractivity contribution in [1.82, 2.24) is 4.98 Å². The molecule has 1 saturated heterocycles. The molecule has 0 aliphatic carbocycles. The zero-order valence-electron chi connectivity index (χ0n) is 13.5. The van der Waals surface area contributed by atoms with Gasteiger partial charge in [0.1, 0.15) is 5.69 Å². The summed E-state index contributed by atoms with van der Waals surface area (Å²) >= 11 is 1.38. The van der Waals surface area contributed by atoms with Crippen LogP contribution in [-0.2, 0) is 4.74 Å². The van der Waals surface area contributed by atoms with Crippen molar-refractivity contribution in [2.45, 2.75) is 0 Å². The Balaban J connectivity index is 1.42. The van der Waals surface area contributed by atoms with E-state index >= 15 is 0 Å². The molecule has 0 atom stereocenters. The minimum atomic E-state index is -0.229. The zero-order chi connectivity index (χ0) is 17.1. The van der Waals surface area contributed by atoms with Crippen molar-refractivity contribution in [2.24, 2.45) is 0 Å². The van der Waals surface area contributed by atoms with Crippen LogP contribution < -0.4 is 10.2 Å². The smallest absolute Gasteiger partial charge is 0.275 e. The summed E-state index contributed by atoms with van der Waals surface area (Å²) in [5.41, 5.74) is 2.26. The Bertz CT molecular complexity index is 837. The summed E-state index contributed by atoms with van der Waals surface area (Å²) in [6.45, 7) is 3.28. The molecule has 0 bridgehead atoms. The number of rotatable bonds is 4. The van der Waals surface area contributed by atoms with Gasteiger partial charge >= 0.3 is 0 Å². The van der Waals surface area contributed by atoms with E-state index in [1.807, 2.05) is 30.3 Å². The molecule has 128 valence electrons. The van der Waals surface area contributed by atoms with E-state index in [9.17, 15) is 4.79 Å². The van der Waals surface area contributed by atoms with Crippen LogP contribution in [0.2, 0.25) is 0 Å². The Morgan fingerprint density at radius 2 is 1.96 bits per heavy atom. The van der Waals surface area contributed by atoms with Crippen molar-refractivity contribution in [3.05, 3.63) is 53.7 Å². The largest absolute Gasteiger partial charge is 0.462 e. The van der Waals surface area contributed by atoms with Crippen molar-refractivity contribution in [1.29, 1.82) is 0 Å². The molecule has 1 aliphatic heterocycles. The van der Waals surface area contributed by atoms with Gasteiger partial charge in [-0.2, -0.15) is 0 Å². The van der Waals surface area contributed by atoms with Crippen molar-refractivity contribution in [2.75, 3.05) is 36.5 Å². The highest BCUT2D eigenvalue weighted by Crippen LogP contribution is 2.25. The standard InChI is InChI=1S/C18H17N3O3S/c22-17(15-12-25-18(20-15)16-2-1-9-24-16)19-13-3-5-14(6-4-13)21-7-10-23-11-8-21/h1-6,9,12H,7-8,10-11H2,(H,19,22). The molecule has 0 spiro atoms. The Morgan fingerprint density at radius 1 is 1.16 bits per heavy atom. The third kappa shape index (κ3) is 3.57. The molecule has 6 nitrogen and oxygen atoms in total. The van der Waals surface area contributed by atoms with Gasteiger partial charge in [-0.15, -0.1) is 11.3 Å². The fourth-order valence-corrected chi connectivity index (χ4v) is 3.43. The molecule has 0 unspecified atom stereocenters. The Labute approximate surface area is 149 Å². The van der Waals surface area contributed by atoms with Gasteiger partial charge in [-0.05, 0) is 36.4 Å². The Hall–Kier alpha value is -2.64. The topological polar surface area (TPSA) is 67.6 Å². The van der Waals surface area contributed by atoms with Gasteiger partial charge in [0.25, 0.3) is 5.91 Å². The number of anilines is 2. The van der Waals surface area contributed by atoms with E-state index in [0.717, 1.165) is 37.7 Å². The molecule has 1 N–H and O–H groups in total. The van der Waals surface area contributed by atoms with E-state index in [0.29, 0.717) is 16.5 Å². The molecule has 1 fully saturated rings. The highest BCUT2D eigenvalue weighted by Gasteiger charge is 2.14. The summed E-state index contributed by atoms with van der Waals surface area (Å²) < 4.78 is 10.7. The van der Waals surface area contributed by atoms with E-state index in [-0.39, 0.29) is 5.91 Å². The van der Waals surface area contributed by atoms with Gasteiger partial charge < -0.3 is 19.4 Å². The quantitative estimate of drug-likeness (QED) is 0.776. The van der Waals surface area contributed by atoms with Crippen molar-refractivity contribution < 1.29 is 13.9 Å². The second kappa shape index (κ2) is 7.08. The van der Waals surface area contributed by atoms with Gasteiger partial charge in [-0.25, -0.2) is 4.98 Å². The molecule has 2 aromatic heterocycles. The van der Waals surface area contributed by atoms with Crippen LogP contribution in [0.25, 0.3) is 10.8 Å². The summed E-state index contributed by atoms with van der Waals surface area (Å²) in [7, 11) is 0. The number of carbonyl (C=O) groups excluding carboxylic acids is 1. The summed E-state index contributed by atoms with van der Waals surface area (Å²) in [5.74, 6) is 0.437. The van der Waals surface area contributed by atoms with Crippen molar-refractivity contribution in [3.63, 3.8) is 0 Å². The number of amides is 1. The molecule has 1 amide bonds. The van der Waals surface area contributed by atoms with Gasteiger partial charge in [-0.3, -0.25) is 4.79 Å². The van der Waals surface area contributed by atoms with Crippen LogP contribution in [-0.4, -0.2) is 37.2 Å². The second-order valence-electron chi connectivity index (χ2n) is 5.62. The van der Waals surface area contributed by atoms with Crippen LogP contribution in [0, 0.1) is 0 Å². The maximum Gasteiger partial charge on any atom is 0.275 e. The minimum absolute atomic E-state index is 0.229. The Morgan fingerprint density at radius 3 is 2.68 bits per heavy atom. The van der Waals surface area contributed by atoms with Crippen LogP contribution in [0.15, 0.2) is 52.5 Å². The van der Waals surface area contributed by atoms with Crippen LogP contribution >= 0.6 is 11.3 Å². The number of nitrogens with zero attached hydrogens (tertiary/aromatic N) is 2. The third-order valence-electron chi connectivity index (χ3n) is 3.97. The fraction of sp³-hybridized carbons (Fsp3) is 0.222. The van der Waals surface area contributed by atoms with Gasteiger partial charge in [0.05, 0.1) is 19.5 Å². The number of morpholine rings is 1. The molecule has 3 aromatic rings. The first-order chi connectivity index (χ1) is 12.3. The van der Waals surface area contributed by atoms with E-state index < -0.39 is 0 Å². The third-order valence-corrected chi connectivity index (χ3v) is 4.83. The predicted molar refractivity (Wildman–Crippen MR) is 97.2 cm³/mol. The highest BCUT2D eigenvalue weighted by molar-refractivity contribution is 7.13. The number of hydrogen-bond acceptors (Lipinski definition) is 6. The van der Waals surface area contributed by atoms with Crippen LogP contribution in [0.5, 0.6) is 0 Å². The summed E-state index contributed by atoms with van der Waals surface area (Å²) in [4.78, 5) is 19.0. The molecule has 3 heterocycles. The molecule has 0 saturated carbocycles. The first-order valence-electron chi connectivity index (χ1n) is 8.03. The molecule has 1 aliphatic rings. The monoisotopic (exact) mass is 355 g/mol. The predicted octanol–water partition coefficient (Wildman–Crippen LogP) is 3.49. The number of hydrogen-bond donors (Lipinski definition) is 1. The van der Waals surface area contributed by atoms with Crippen LogP contribution in [0.1, 0.15) is 10.5 Å². The average molecular weight is 355 g/mol. The molecular formula is C18H17N3O3S. The van der Waals surface area contributed by atoms with Gasteiger partial charge in [0, 0.05) is 29.8 Å². The lowest BCUT2D eigenvalue weighted by molar-refractivity contribution is 0.102. The Kier molecular flexibility index (Phi) is 4.49. The molecule has 25 heavy (non-hydrogen) atoms. The molecule has 4 rings (SSSR count). The van der Waals surface area contributed by atoms with E-state index in [4.69, 9.17) is 9.15 Å².